The highest BCUT2D eigenvalue weighted by Gasteiger charge is 2.22. The molecule has 0 aliphatic carbocycles. The van der Waals surface area contributed by atoms with Crippen LogP contribution in [-0.2, 0) is 9.53 Å². The van der Waals surface area contributed by atoms with Crippen molar-refractivity contribution >= 4 is 34.8 Å². The van der Waals surface area contributed by atoms with E-state index in [0.717, 1.165) is 12.2 Å². The molecule has 0 spiro atoms. The van der Waals surface area contributed by atoms with Gasteiger partial charge in [-0.1, -0.05) is 0 Å². The maximum Gasteiger partial charge on any atom is 0.256 e. The smallest absolute Gasteiger partial charge is 0.256 e. The summed E-state index contributed by atoms with van der Waals surface area (Å²) >= 11 is 1.42. The van der Waals surface area contributed by atoms with Gasteiger partial charge in [0.25, 0.3) is 5.91 Å². The van der Waals surface area contributed by atoms with Crippen LogP contribution in [0.3, 0.4) is 0 Å². The van der Waals surface area contributed by atoms with E-state index in [0.29, 0.717) is 18.3 Å². The fourth-order valence-corrected chi connectivity index (χ4v) is 2.02. The molecule has 7 heteroatoms. The largest absolute Gasteiger partial charge is 0.366 e. The second kappa shape index (κ2) is 6.15. The molecule has 0 saturated carbocycles. The Morgan fingerprint density at radius 2 is 2.56 bits per heavy atom. The number of anilines is 1. The number of carbonyl (C=O) groups excluding carboxylic acids is 1. The van der Waals surface area contributed by atoms with Crippen LogP contribution in [0.2, 0.25) is 0 Å². The molecule has 0 unspecified atom stereocenters. The van der Waals surface area contributed by atoms with Crippen LogP contribution in [0, 0.1) is 6.92 Å². The van der Waals surface area contributed by atoms with Gasteiger partial charge in [0.1, 0.15) is 6.10 Å². The number of aromatic nitrogens is 1. The number of ether oxygens (including phenoxy) is 1. The molecule has 1 amide bonds. The molecule has 1 saturated heterocycles. The lowest BCUT2D eigenvalue weighted by molar-refractivity contribution is -0.128. The Morgan fingerprint density at radius 1 is 1.75 bits per heavy atom. The number of halogens is 1. The van der Waals surface area contributed by atoms with Gasteiger partial charge >= 0.3 is 0 Å². The summed E-state index contributed by atoms with van der Waals surface area (Å²) in [6.45, 7) is 3.84. The number of morpholine rings is 1. The first kappa shape index (κ1) is 13.4. The summed E-state index contributed by atoms with van der Waals surface area (Å²) < 4.78 is 5.32. The quantitative estimate of drug-likeness (QED) is 0.829. The molecule has 1 aliphatic rings. The van der Waals surface area contributed by atoms with E-state index in [1.807, 2.05) is 12.3 Å². The van der Waals surface area contributed by atoms with Crippen molar-refractivity contribution in [3.8, 4) is 0 Å². The van der Waals surface area contributed by atoms with Crippen LogP contribution < -0.4 is 10.6 Å². The number of amides is 1. The zero-order valence-corrected chi connectivity index (χ0v) is 10.5. The van der Waals surface area contributed by atoms with E-state index >= 15 is 0 Å². The minimum absolute atomic E-state index is 0. The van der Waals surface area contributed by atoms with E-state index in [2.05, 4.69) is 15.6 Å². The van der Waals surface area contributed by atoms with Gasteiger partial charge in [0.2, 0.25) is 0 Å². The Labute approximate surface area is 104 Å². The monoisotopic (exact) mass is 263 g/mol. The van der Waals surface area contributed by atoms with Crippen molar-refractivity contribution in [2.75, 3.05) is 25.0 Å². The lowest BCUT2D eigenvalue weighted by Gasteiger charge is -2.22. The summed E-state index contributed by atoms with van der Waals surface area (Å²) in [6, 6.07) is 0. The van der Waals surface area contributed by atoms with E-state index in [1.54, 1.807) is 0 Å². The molecule has 2 N–H and O–H groups in total. The second-order valence-corrected chi connectivity index (χ2v) is 4.20. The average molecular weight is 264 g/mol. The van der Waals surface area contributed by atoms with Crippen molar-refractivity contribution in [1.82, 2.24) is 10.3 Å². The van der Waals surface area contributed by atoms with Gasteiger partial charge in [-0.2, -0.15) is 0 Å². The normalized spacial score (nSPS) is 19.9. The molecule has 0 radical (unpaired) electrons. The van der Waals surface area contributed by atoms with Gasteiger partial charge in [-0.3, -0.25) is 10.1 Å². The number of hydrogen-bond acceptors (Lipinski definition) is 5. The van der Waals surface area contributed by atoms with Crippen LogP contribution in [0.4, 0.5) is 5.13 Å². The Balaban J connectivity index is 0.00000128. The van der Waals surface area contributed by atoms with Gasteiger partial charge < -0.3 is 10.1 Å². The highest BCUT2D eigenvalue weighted by molar-refractivity contribution is 7.13. The maximum absolute atomic E-state index is 11.7. The highest BCUT2D eigenvalue weighted by Crippen LogP contribution is 2.14. The van der Waals surface area contributed by atoms with Crippen molar-refractivity contribution in [2.45, 2.75) is 13.0 Å². The lowest BCUT2D eigenvalue weighted by atomic mass is 10.3. The van der Waals surface area contributed by atoms with Crippen LogP contribution >= 0.6 is 23.7 Å². The fourth-order valence-electron chi connectivity index (χ4n) is 1.33. The average Bonchev–Trinajstić information content (AvgIpc) is 2.65. The van der Waals surface area contributed by atoms with Crippen molar-refractivity contribution in [2.24, 2.45) is 0 Å². The Kier molecular flexibility index (Phi) is 5.14. The predicted octanol–water partition coefficient (Wildman–Crippen LogP) is 0.800. The zero-order valence-electron chi connectivity index (χ0n) is 8.86. The topological polar surface area (TPSA) is 63.2 Å². The number of aryl methyl sites for hydroxylation is 1. The molecule has 5 nitrogen and oxygen atoms in total. The number of rotatable bonds is 2. The zero-order chi connectivity index (χ0) is 10.7. The standard InChI is InChI=1S/C9H13N3O2S.ClH/c1-6-5-15-9(11-6)12-8(13)7-4-10-2-3-14-7;/h5,7,10H,2-4H2,1H3,(H,11,12,13);1H/t7-;/m0./s1. The van der Waals surface area contributed by atoms with Crippen LogP contribution in [0.5, 0.6) is 0 Å². The summed E-state index contributed by atoms with van der Waals surface area (Å²) in [6.07, 6.45) is -0.400. The number of carbonyl (C=O) groups is 1. The lowest BCUT2D eigenvalue weighted by Crippen LogP contribution is -2.45. The van der Waals surface area contributed by atoms with E-state index < -0.39 is 6.10 Å². The molecule has 0 aromatic carbocycles. The third-order valence-corrected chi connectivity index (χ3v) is 2.94. The third kappa shape index (κ3) is 3.41. The first-order valence-corrected chi connectivity index (χ1v) is 5.69. The fraction of sp³-hybridized carbons (Fsp3) is 0.556. The van der Waals surface area contributed by atoms with Crippen molar-refractivity contribution in [3.05, 3.63) is 11.1 Å². The summed E-state index contributed by atoms with van der Waals surface area (Å²) in [7, 11) is 0. The summed E-state index contributed by atoms with van der Waals surface area (Å²) in [5, 5.41) is 8.37. The predicted molar refractivity (Wildman–Crippen MR) is 65.3 cm³/mol. The number of nitrogens with one attached hydrogen (secondary N) is 2. The number of thiazole rings is 1. The molecule has 0 bridgehead atoms. The van der Waals surface area contributed by atoms with Crippen LogP contribution in [0.15, 0.2) is 5.38 Å². The van der Waals surface area contributed by atoms with E-state index in [1.165, 1.54) is 11.3 Å². The molecule has 2 heterocycles. The molecule has 90 valence electrons. The van der Waals surface area contributed by atoms with Crippen LogP contribution in [0.1, 0.15) is 5.69 Å². The first-order valence-electron chi connectivity index (χ1n) is 4.81. The summed E-state index contributed by atoms with van der Waals surface area (Å²) in [4.78, 5) is 15.8. The molecule has 1 aromatic heterocycles. The highest BCUT2D eigenvalue weighted by atomic mass is 35.5. The van der Waals surface area contributed by atoms with Gasteiger partial charge in [0, 0.05) is 18.5 Å². The van der Waals surface area contributed by atoms with Gasteiger partial charge in [0.15, 0.2) is 5.13 Å². The number of hydrogen-bond donors (Lipinski definition) is 2. The minimum atomic E-state index is -0.400. The van der Waals surface area contributed by atoms with Gasteiger partial charge in [-0.15, -0.1) is 23.7 Å². The first-order chi connectivity index (χ1) is 7.25. The van der Waals surface area contributed by atoms with Gasteiger partial charge in [0.05, 0.1) is 12.3 Å². The summed E-state index contributed by atoms with van der Waals surface area (Å²) in [5.74, 6) is -0.128. The molecular formula is C9H14ClN3O2S. The molecule has 1 atom stereocenters. The molecular weight excluding hydrogens is 250 g/mol. The van der Waals surface area contributed by atoms with Gasteiger partial charge in [-0.05, 0) is 6.92 Å². The Morgan fingerprint density at radius 3 is 3.12 bits per heavy atom. The van der Waals surface area contributed by atoms with E-state index in [4.69, 9.17) is 4.74 Å². The minimum Gasteiger partial charge on any atom is -0.366 e. The Bertz CT molecular complexity index is 352. The molecule has 16 heavy (non-hydrogen) atoms. The molecule has 1 fully saturated rings. The van der Waals surface area contributed by atoms with E-state index in [-0.39, 0.29) is 18.3 Å². The van der Waals surface area contributed by atoms with E-state index in [9.17, 15) is 4.79 Å². The van der Waals surface area contributed by atoms with Crippen LogP contribution in [0.25, 0.3) is 0 Å². The molecule has 2 rings (SSSR count). The van der Waals surface area contributed by atoms with Crippen molar-refractivity contribution < 1.29 is 9.53 Å². The molecule has 1 aromatic rings. The third-order valence-electron chi connectivity index (χ3n) is 2.07. The van der Waals surface area contributed by atoms with Gasteiger partial charge in [-0.25, -0.2) is 4.98 Å². The van der Waals surface area contributed by atoms with Crippen molar-refractivity contribution in [1.29, 1.82) is 0 Å². The number of nitrogens with zero attached hydrogens (tertiary/aromatic N) is 1. The summed E-state index contributed by atoms with van der Waals surface area (Å²) in [5.41, 5.74) is 0.915. The maximum atomic E-state index is 11.7. The second-order valence-electron chi connectivity index (χ2n) is 3.35. The SMILES string of the molecule is Cc1csc(NC(=O)[C@@H]2CNCCO2)n1.Cl. The Hall–Kier alpha value is -0.690. The van der Waals surface area contributed by atoms with Crippen LogP contribution in [-0.4, -0.2) is 36.7 Å². The molecule has 1 aliphatic heterocycles. The van der Waals surface area contributed by atoms with Crippen molar-refractivity contribution in [3.63, 3.8) is 0 Å².